The Bertz CT molecular complexity index is 1070. The van der Waals surface area contributed by atoms with Crippen LogP contribution in [0.2, 0.25) is 0 Å². The summed E-state index contributed by atoms with van der Waals surface area (Å²) in [4.78, 5) is 24.8. The fourth-order valence-corrected chi connectivity index (χ4v) is 4.81. The molecule has 1 amide bonds. The highest BCUT2D eigenvalue weighted by Gasteiger charge is 2.13. The highest BCUT2D eigenvalue weighted by Crippen LogP contribution is 2.28. The molecule has 0 aliphatic heterocycles. The van der Waals surface area contributed by atoms with Gasteiger partial charge >= 0.3 is 5.97 Å². The number of nitrogens with zero attached hydrogens (tertiary/aromatic N) is 1. The molecule has 0 spiro atoms. The third-order valence-corrected chi connectivity index (χ3v) is 7.36. The summed E-state index contributed by atoms with van der Waals surface area (Å²) in [5.74, 6) is 0.821. The predicted molar refractivity (Wildman–Crippen MR) is 175 cm³/mol. The summed E-state index contributed by atoms with van der Waals surface area (Å²) in [7, 11) is 1.51. The Kier molecular flexibility index (Phi) is 19.3. The van der Waals surface area contributed by atoms with E-state index in [1.807, 2.05) is 6.92 Å². The monoisotopic (exact) mass is 594 g/mol. The fourth-order valence-electron chi connectivity index (χ4n) is 4.81. The van der Waals surface area contributed by atoms with Crippen molar-refractivity contribution in [3.8, 4) is 17.2 Å². The lowest BCUT2D eigenvalue weighted by Gasteiger charge is -2.10. The van der Waals surface area contributed by atoms with Crippen LogP contribution < -0.4 is 19.6 Å². The minimum absolute atomic E-state index is 0.0884. The molecule has 1 N–H and O–H groups in total. The molecule has 0 heterocycles. The highest BCUT2D eigenvalue weighted by atomic mass is 16.6. The van der Waals surface area contributed by atoms with Crippen molar-refractivity contribution < 1.29 is 23.8 Å². The largest absolute Gasteiger partial charge is 0.494 e. The molecule has 0 aromatic heterocycles. The molecule has 2 aromatic carbocycles. The Morgan fingerprint density at radius 2 is 1.30 bits per heavy atom. The lowest BCUT2D eigenvalue weighted by molar-refractivity contribution is -0.121. The zero-order valence-electron chi connectivity index (χ0n) is 26.8. The fraction of sp³-hybridized carbons (Fsp3) is 0.583. The molecular formula is C36H54N2O5. The second-order valence-electron chi connectivity index (χ2n) is 11.2. The number of carbonyl (C=O) groups excluding carboxylic acids is 2. The minimum atomic E-state index is -0.493. The van der Waals surface area contributed by atoms with Crippen molar-refractivity contribution in [1.82, 2.24) is 5.43 Å². The molecule has 0 saturated heterocycles. The first kappa shape index (κ1) is 35.8. The van der Waals surface area contributed by atoms with Crippen LogP contribution in [0, 0.1) is 0 Å². The van der Waals surface area contributed by atoms with E-state index in [-0.39, 0.29) is 5.91 Å². The molecule has 0 fully saturated rings. The zero-order valence-corrected chi connectivity index (χ0v) is 26.8. The van der Waals surface area contributed by atoms with Gasteiger partial charge < -0.3 is 14.2 Å². The van der Waals surface area contributed by atoms with Gasteiger partial charge in [0, 0.05) is 6.42 Å². The number of hydrazone groups is 1. The second-order valence-corrected chi connectivity index (χ2v) is 11.2. The zero-order chi connectivity index (χ0) is 31.0. The number of ether oxygens (including phenoxy) is 3. The first-order valence-corrected chi connectivity index (χ1v) is 16.5. The maximum atomic E-state index is 12.6. The van der Waals surface area contributed by atoms with Gasteiger partial charge in [-0.25, -0.2) is 10.2 Å². The van der Waals surface area contributed by atoms with E-state index in [0.717, 1.165) is 19.3 Å². The van der Waals surface area contributed by atoms with Crippen LogP contribution in [0.5, 0.6) is 17.2 Å². The molecule has 2 aromatic rings. The van der Waals surface area contributed by atoms with E-state index in [4.69, 9.17) is 14.2 Å². The number of esters is 1. The van der Waals surface area contributed by atoms with Crippen LogP contribution in [0.4, 0.5) is 0 Å². The summed E-state index contributed by atoms with van der Waals surface area (Å²) in [6.45, 7) is 4.93. The third-order valence-electron chi connectivity index (χ3n) is 7.36. The quantitative estimate of drug-likeness (QED) is 0.0430. The maximum Gasteiger partial charge on any atom is 0.343 e. The van der Waals surface area contributed by atoms with Crippen molar-refractivity contribution in [3.05, 3.63) is 53.6 Å². The summed E-state index contributed by atoms with van der Waals surface area (Å²) in [5.41, 5.74) is 3.72. The van der Waals surface area contributed by atoms with Crippen molar-refractivity contribution in [3.63, 3.8) is 0 Å². The first-order chi connectivity index (χ1) is 21.1. The van der Waals surface area contributed by atoms with Crippen molar-refractivity contribution in [1.29, 1.82) is 0 Å². The number of hydrogen-bond donors (Lipinski definition) is 1. The van der Waals surface area contributed by atoms with Crippen LogP contribution >= 0.6 is 0 Å². The van der Waals surface area contributed by atoms with Gasteiger partial charge in [-0.2, -0.15) is 5.10 Å². The molecule has 0 saturated carbocycles. The van der Waals surface area contributed by atoms with Crippen LogP contribution in [-0.2, 0) is 4.79 Å². The number of unbranched alkanes of at least 4 members (excludes halogenated alkanes) is 14. The van der Waals surface area contributed by atoms with Gasteiger partial charge in [-0.1, -0.05) is 104 Å². The van der Waals surface area contributed by atoms with Gasteiger partial charge in [0.25, 0.3) is 0 Å². The average molecular weight is 595 g/mol. The maximum absolute atomic E-state index is 12.6. The van der Waals surface area contributed by atoms with E-state index >= 15 is 0 Å². The van der Waals surface area contributed by atoms with Crippen molar-refractivity contribution >= 4 is 18.1 Å². The molecular weight excluding hydrogens is 540 g/mol. The Labute approximate surface area is 259 Å². The smallest absolute Gasteiger partial charge is 0.343 e. The van der Waals surface area contributed by atoms with Crippen molar-refractivity contribution in [2.45, 2.75) is 123 Å². The third kappa shape index (κ3) is 16.2. The molecule has 0 bridgehead atoms. The molecule has 0 radical (unpaired) electrons. The number of carbonyl (C=O) groups is 2. The molecule has 43 heavy (non-hydrogen) atoms. The Balaban J connectivity index is 1.58. The van der Waals surface area contributed by atoms with Crippen molar-refractivity contribution in [2.24, 2.45) is 5.10 Å². The van der Waals surface area contributed by atoms with Crippen molar-refractivity contribution in [2.75, 3.05) is 13.7 Å². The van der Waals surface area contributed by atoms with E-state index in [1.54, 1.807) is 48.7 Å². The van der Waals surface area contributed by atoms with E-state index in [0.29, 0.717) is 41.4 Å². The predicted octanol–water partition coefficient (Wildman–Crippen LogP) is 9.41. The molecule has 0 atom stereocenters. The summed E-state index contributed by atoms with van der Waals surface area (Å²) < 4.78 is 16.5. The van der Waals surface area contributed by atoms with E-state index in [9.17, 15) is 9.59 Å². The van der Waals surface area contributed by atoms with E-state index in [2.05, 4.69) is 17.5 Å². The van der Waals surface area contributed by atoms with Crippen LogP contribution in [0.25, 0.3) is 0 Å². The summed E-state index contributed by atoms with van der Waals surface area (Å²) in [6.07, 6.45) is 22.4. The average Bonchev–Trinajstić information content (AvgIpc) is 3.02. The van der Waals surface area contributed by atoms with E-state index < -0.39 is 5.97 Å². The summed E-state index contributed by atoms with van der Waals surface area (Å²) >= 11 is 0. The number of methoxy groups -OCH3 is 1. The lowest BCUT2D eigenvalue weighted by atomic mass is 10.0. The molecule has 7 nitrogen and oxygen atoms in total. The normalized spacial score (nSPS) is 11.0. The molecule has 7 heteroatoms. The van der Waals surface area contributed by atoms with Gasteiger partial charge in [-0.15, -0.1) is 0 Å². The molecule has 0 unspecified atom stereocenters. The van der Waals surface area contributed by atoms with Gasteiger partial charge in [0.1, 0.15) is 5.75 Å². The van der Waals surface area contributed by atoms with Crippen LogP contribution in [0.3, 0.4) is 0 Å². The molecule has 2 rings (SSSR count). The minimum Gasteiger partial charge on any atom is -0.494 e. The summed E-state index contributed by atoms with van der Waals surface area (Å²) in [6, 6.07) is 11.9. The molecule has 0 aliphatic carbocycles. The standard InChI is InChI=1S/C36H54N2O5/c1-4-6-7-8-9-10-11-12-13-14-15-16-17-18-19-20-35(39)38-37-29-30-21-26-33(34(28-30)41-3)43-36(40)31-22-24-32(25-23-31)42-27-5-2/h21-26,28-29H,4-20,27H2,1-3H3,(H,38,39)/b37-29-. The summed E-state index contributed by atoms with van der Waals surface area (Å²) in [5, 5.41) is 4.07. The SMILES string of the molecule is CCCCCCCCCCCCCCCCCC(=O)N/N=C\c1ccc(OC(=O)c2ccc(OCCC)cc2)c(OC)c1. The Morgan fingerprint density at radius 1 is 0.721 bits per heavy atom. The van der Waals surface area contributed by atoms with Crippen LogP contribution in [0.15, 0.2) is 47.6 Å². The van der Waals surface area contributed by atoms with Crippen LogP contribution in [0.1, 0.15) is 139 Å². The Morgan fingerprint density at radius 3 is 1.86 bits per heavy atom. The van der Waals surface area contributed by atoms with Gasteiger partial charge in [0.15, 0.2) is 11.5 Å². The van der Waals surface area contributed by atoms with E-state index in [1.165, 1.54) is 90.6 Å². The van der Waals surface area contributed by atoms with Crippen LogP contribution in [-0.4, -0.2) is 31.8 Å². The first-order valence-electron chi connectivity index (χ1n) is 16.5. The van der Waals surface area contributed by atoms with Gasteiger partial charge in [0.05, 0.1) is 25.5 Å². The number of hydrogen-bond acceptors (Lipinski definition) is 6. The number of amides is 1. The topological polar surface area (TPSA) is 86.2 Å². The molecule has 238 valence electrons. The number of rotatable bonds is 24. The highest BCUT2D eigenvalue weighted by molar-refractivity contribution is 5.91. The van der Waals surface area contributed by atoms with Gasteiger partial charge in [0.2, 0.25) is 5.91 Å². The lowest BCUT2D eigenvalue weighted by Crippen LogP contribution is -2.16. The number of nitrogens with one attached hydrogen (secondary N) is 1. The van der Waals surface area contributed by atoms with Gasteiger partial charge in [-0.3, -0.25) is 4.79 Å². The van der Waals surface area contributed by atoms with Gasteiger partial charge in [-0.05, 0) is 60.9 Å². The Hall–Kier alpha value is -3.35. The molecule has 0 aliphatic rings. The number of benzene rings is 2. The second kappa shape index (κ2) is 23.1.